The molecule has 0 spiro atoms. The standard InChI is InChI=1S/C13H20N4O/c1-8-9(7-17(2)16-8)6-14-13(18)11-5-10-3-4-12(11)15-10/h7,10-12,15H,3-6H2,1-2H3,(H,14,18). The number of fused-ring (bicyclic) bond motifs is 2. The minimum Gasteiger partial charge on any atom is -0.352 e. The Balaban J connectivity index is 1.57. The van der Waals surface area contributed by atoms with Crippen LogP contribution in [0.4, 0.5) is 0 Å². The van der Waals surface area contributed by atoms with E-state index in [0.29, 0.717) is 18.6 Å². The van der Waals surface area contributed by atoms with Crippen molar-refractivity contribution in [3.05, 3.63) is 17.5 Å². The molecule has 2 bridgehead atoms. The Morgan fingerprint density at radius 2 is 2.44 bits per heavy atom. The first-order chi connectivity index (χ1) is 8.63. The maximum atomic E-state index is 12.1. The van der Waals surface area contributed by atoms with E-state index in [9.17, 15) is 4.79 Å². The molecule has 3 unspecified atom stereocenters. The summed E-state index contributed by atoms with van der Waals surface area (Å²) in [5.74, 6) is 0.360. The van der Waals surface area contributed by atoms with Crippen molar-refractivity contribution in [1.82, 2.24) is 20.4 Å². The van der Waals surface area contributed by atoms with E-state index in [-0.39, 0.29) is 11.8 Å². The van der Waals surface area contributed by atoms with Crippen molar-refractivity contribution >= 4 is 5.91 Å². The lowest BCUT2D eigenvalue weighted by atomic mass is 9.88. The van der Waals surface area contributed by atoms with Crippen molar-refractivity contribution in [2.45, 2.75) is 44.8 Å². The van der Waals surface area contributed by atoms with Gasteiger partial charge in [0, 0.05) is 37.4 Å². The Morgan fingerprint density at radius 3 is 3.00 bits per heavy atom. The van der Waals surface area contributed by atoms with Crippen LogP contribution in [0.2, 0.25) is 0 Å². The molecule has 0 saturated carbocycles. The molecule has 5 heteroatoms. The van der Waals surface area contributed by atoms with Crippen molar-refractivity contribution in [2.75, 3.05) is 0 Å². The molecule has 2 aliphatic rings. The Hall–Kier alpha value is -1.36. The van der Waals surface area contributed by atoms with E-state index in [1.165, 1.54) is 6.42 Å². The van der Waals surface area contributed by atoms with Gasteiger partial charge in [0.15, 0.2) is 0 Å². The van der Waals surface area contributed by atoms with Crippen LogP contribution < -0.4 is 10.6 Å². The number of hydrogen-bond acceptors (Lipinski definition) is 3. The summed E-state index contributed by atoms with van der Waals surface area (Å²) in [6.45, 7) is 2.56. The Kier molecular flexibility index (Phi) is 2.86. The molecule has 0 aliphatic carbocycles. The summed E-state index contributed by atoms with van der Waals surface area (Å²) in [4.78, 5) is 12.1. The highest BCUT2D eigenvalue weighted by Crippen LogP contribution is 2.33. The summed E-state index contributed by atoms with van der Waals surface area (Å²) in [5.41, 5.74) is 2.09. The summed E-state index contributed by atoms with van der Waals surface area (Å²) in [6, 6.07) is 0.982. The Morgan fingerprint density at radius 1 is 1.61 bits per heavy atom. The zero-order valence-electron chi connectivity index (χ0n) is 10.9. The number of rotatable bonds is 3. The van der Waals surface area contributed by atoms with Gasteiger partial charge in [-0.15, -0.1) is 0 Å². The molecule has 1 aromatic heterocycles. The molecule has 3 atom stereocenters. The average molecular weight is 248 g/mol. The highest BCUT2D eigenvalue weighted by atomic mass is 16.1. The molecule has 2 saturated heterocycles. The van der Waals surface area contributed by atoms with Crippen molar-refractivity contribution in [3.8, 4) is 0 Å². The van der Waals surface area contributed by atoms with Crippen LogP contribution in [-0.2, 0) is 18.4 Å². The Bertz CT molecular complexity index is 468. The smallest absolute Gasteiger partial charge is 0.225 e. The summed E-state index contributed by atoms with van der Waals surface area (Å²) in [7, 11) is 1.90. The topological polar surface area (TPSA) is 59.0 Å². The summed E-state index contributed by atoms with van der Waals surface area (Å²) in [5, 5.41) is 10.8. The van der Waals surface area contributed by atoms with E-state index in [1.54, 1.807) is 4.68 Å². The van der Waals surface area contributed by atoms with E-state index < -0.39 is 0 Å². The van der Waals surface area contributed by atoms with Gasteiger partial charge in [-0.05, 0) is 26.2 Å². The van der Waals surface area contributed by atoms with E-state index >= 15 is 0 Å². The zero-order valence-corrected chi connectivity index (χ0v) is 10.9. The monoisotopic (exact) mass is 248 g/mol. The fourth-order valence-electron chi connectivity index (χ4n) is 3.25. The van der Waals surface area contributed by atoms with Gasteiger partial charge in [0.05, 0.1) is 11.6 Å². The summed E-state index contributed by atoms with van der Waals surface area (Å²) in [6.07, 6.45) is 5.35. The van der Waals surface area contributed by atoms with Gasteiger partial charge in [-0.1, -0.05) is 0 Å². The summed E-state index contributed by atoms with van der Waals surface area (Å²) < 4.78 is 1.79. The highest BCUT2D eigenvalue weighted by molar-refractivity contribution is 5.80. The third-order valence-electron chi connectivity index (χ3n) is 4.21. The molecular formula is C13H20N4O. The fraction of sp³-hybridized carbons (Fsp3) is 0.692. The van der Waals surface area contributed by atoms with Gasteiger partial charge in [0.2, 0.25) is 5.91 Å². The number of amides is 1. The molecule has 18 heavy (non-hydrogen) atoms. The molecule has 3 rings (SSSR count). The predicted octanol–water partition coefficient (Wildman–Crippen LogP) is 0.485. The van der Waals surface area contributed by atoms with Gasteiger partial charge in [-0.3, -0.25) is 9.48 Å². The van der Waals surface area contributed by atoms with E-state index in [1.807, 2.05) is 20.2 Å². The maximum Gasteiger partial charge on any atom is 0.225 e. The molecule has 98 valence electrons. The van der Waals surface area contributed by atoms with Gasteiger partial charge >= 0.3 is 0 Å². The second-order valence-corrected chi connectivity index (χ2v) is 5.52. The number of nitrogens with zero attached hydrogens (tertiary/aromatic N) is 2. The number of nitrogens with one attached hydrogen (secondary N) is 2. The summed E-state index contributed by atoms with van der Waals surface area (Å²) >= 11 is 0. The zero-order chi connectivity index (χ0) is 12.7. The molecule has 5 nitrogen and oxygen atoms in total. The quantitative estimate of drug-likeness (QED) is 0.818. The first-order valence-electron chi connectivity index (χ1n) is 6.66. The van der Waals surface area contributed by atoms with Gasteiger partial charge in [0.1, 0.15) is 0 Å². The fourth-order valence-corrected chi connectivity index (χ4v) is 3.25. The van der Waals surface area contributed by atoms with Crippen LogP contribution in [0, 0.1) is 12.8 Å². The molecule has 2 aliphatic heterocycles. The third kappa shape index (κ3) is 2.03. The maximum absolute atomic E-state index is 12.1. The lowest BCUT2D eigenvalue weighted by molar-refractivity contribution is -0.125. The van der Waals surface area contributed by atoms with Crippen LogP contribution in [0.1, 0.15) is 30.5 Å². The number of carbonyl (C=O) groups is 1. The molecular weight excluding hydrogens is 228 g/mol. The molecule has 1 aromatic rings. The van der Waals surface area contributed by atoms with Crippen molar-refractivity contribution < 1.29 is 4.79 Å². The molecule has 0 radical (unpaired) electrons. The van der Waals surface area contributed by atoms with E-state index in [2.05, 4.69) is 15.7 Å². The Labute approximate surface area is 107 Å². The first kappa shape index (κ1) is 11.7. The number of aryl methyl sites for hydroxylation is 2. The van der Waals surface area contributed by atoms with Crippen LogP contribution >= 0.6 is 0 Å². The van der Waals surface area contributed by atoms with E-state index in [4.69, 9.17) is 0 Å². The normalized spacial score (nSPS) is 29.8. The largest absolute Gasteiger partial charge is 0.352 e. The van der Waals surface area contributed by atoms with Crippen LogP contribution in [0.25, 0.3) is 0 Å². The van der Waals surface area contributed by atoms with E-state index in [0.717, 1.165) is 24.1 Å². The minimum absolute atomic E-state index is 0.167. The lowest BCUT2D eigenvalue weighted by Crippen LogP contribution is -2.37. The minimum atomic E-state index is 0.167. The van der Waals surface area contributed by atoms with Crippen LogP contribution in [0.15, 0.2) is 6.20 Å². The second-order valence-electron chi connectivity index (χ2n) is 5.52. The van der Waals surface area contributed by atoms with Gasteiger partial charge < -0.3 is 10.6 Å². The lowest BCUT2D eigenvalue weighted by Gasteiger charge is -2.19. The molecule has 2 N–H and O–H groups in total. The molecule has 3 heterocycles. The second kappa shape index (κ2) is 4.39. The first-order valence-corrected chi connectivity index (χ1v) is 6.66. The number of hydrogen-bond donors (Lipinski definition) is 2. The van der Waals surface area contributed by atoms with Crippen LogP contribution in [0.5, 0.6) is 0 Å². The van der Waals surface area contributed by atoms with Crippen LogP contribution in [-0.4, -0.2) is 27.8 Å². The van der Waals surface area contributed by atoms with Crippen LogP contribution in [0.3, 0.4) is 0 Å². The van der Waals surface area contributed by atoms with Crippen molar-refractivity contribution in [3.63, 3.8) is 0 Å². The molecule has 2 fully saturated rings. The van der Waals surface area contributed by atoms with Gasteiger partial charge in [-0.25, -0.2) is 0 Å². The number of aromatic nitrogens is 2. The van der Waals surface area contributed by atoms with Crippen molar-refractivity contribution in [2.24, 2.45) is 13.0 Å². The third-order valence-corrected chi connectivity index (χ3v) is 4.21. The number of carbonyl (C=O) groups excluding carboxylic acids is 1. The highest BCUT2D eigenvalue weighted by Gasteiger charge is 2.42. The molecule has 0 aromatic carbocycles. The van der Waals surface area contributed by atoms with Gasteiger partial charge in [-0.2, -0.15) is 5.10 Å². The predicted molar refractivity (Wildman–Crippen MR) is 67.8 cm³/mol. The average Bonchev–Trinajstić information content (AvgIpc) is 3.01. The molecule has 1 amide bonds. The SMILES string of the molecule is Cc1nn(C)cc1CNC(=O)C1CC2CCC1N2. The van der Waals surface area contributed by atoms with Crippen molar-refractivity contribution in [1.29, 1.82) is 0 Å². The van der Waals surface area contributed by atoms with Gasteiger partial charge in [0.25, 0.3) is 0 Å².